The standard InChI is InChI=1S/C16H25N3O2/c1-2-7-17-15-6-4-3-5-14(15)16(20)18-8-9-19-10-12-21-13-11-19/h3-6,17H,2,7-13H2,1H3,(H,18,20). The summed E-state index contributed by atoms with van der Waals surface area (Å²) in [5, 5.41) is 6.30. The molecule has 0 bridgehead atoms. The van der Waals surface area contributed by atoms with Gasteiger partial charge >= 0.3 is 0 Å². The van der Waals surface area contributed by atoms with Crippen molar-refractivity contribution in [2.24, 2.45) is 0 Å². The number of carbonyl (C=O) groups is 1. The van der Waals surface area contributed by atoms with Gasteiger partial charge in [-0.2, -0.15) is 0 Å². The van der Waals surface area contributed by atoms with Crippen molar-refractivity contribution in [1.82, 2.24) is 10.2 Å². The second-order valence-electron chi connectivity index (χ2n) is 5.18. The summed E-state index contributed by atoms with van der Waals surface area (Å²) < 4.78 is 5.31. The van der Waals surface area contributed by atoms with E-state index in [0.717, 1.165) is 51.5 Å². The first-order valence-electron chi connectivity index (χ1n) is 7.72. The number of morpholine rings is 1. The SMILES string of the molecule is CCCNc1ccccc1C(=O)NCCN1CCOCC1. The second kappa shape index (κ2) is 8.64. The zero-order valence-electron chi connectivity index (χ0n) is 12.7. The Hall–Kier alpha value is -1.59. The van der Waals surface area contributed by atoms with Gasteiger partial charge in [0.15, 0.2) is 0 Å². The van der Waals surface area contributed by atoms with Gasteiger partial charge in [0.2, 0.25) is 0 Å². The van der Waals surface area contributed by atoms with Crippen LogP contribution in [0.15, 0.2) is 24.3 Å². The lowest BCUT2D eigenvalue weighted by atomic mass is 10.1. The number of hydrogen-bond acceptors (Lipinski definition) is 4. The van der Waals surface area contributed by atoms with Gasteiger partial charge in [-0.3, -0.25) is 9.69 Å². The fourth-order valence-corrected chi connectivity index (χ4v) is 2.34. The Bertz CT molecular complexity index is 445. The maximum atomic E-state index is 12.3. The summed E-state index contributed by atoms with van der Waals surface area (Å²) in [7, 11) is 0. The molecule has 0 aromatic heterocycles. The van der Waals surface area contributed by atoms with E-state index in [-0.39, 0.29) is 5.91 Å². The van der Waals surface area contributed by atoms with Gasteiger partial charge in [-0.25, -0.2) is 0 Å². The molecule has 116 valence electrons. The topological polar surface area (TPSA) is 53.6 Å². The summed E-state index contributed by atoms with van der Waals surface area (Å²) in [6, 6.07) is 7.66. The summed E-state index contributed by atoms with van der Waals surface area (Å²) in [5.74, 6) is -0.0116. The summed E-state index contributed by atoms with van der Waals surface area (Å²) in [4.78, 5) is 14.6. The number of hydrogen-bond donors (Lipinski definition) is 2. The lowest BCUT2D eigenvalue weighted by molar-refractivity contribution is 0.0383. The van der Waals surface area contributed by atoms with Crippen molar-refractivity contribution in [2.75, 3.05) is 51.3 Å². The van der Waals surface area contributed by atoms with Crippen LogP contribution in [-0.4, -0.2) is 56.7 Å². The quantitative estimate of drug-likeness (QED) is 0.801. The Balaban J connectivity index is 1.82. The Morgan fingerprint density at radius 1 is 1.24 bits per heavy atom. The van der Waals surface area contributed by atoms with Crippen LogP contribution in [0, 0.1) is 0 Å². The van der Waals surface area contributed by atoms with Crippen LogP contribution in [0.2, 0.25) is 0 Å². The molecule has 1 heterocycles. The maximum Gasteiger partial charge on any atom is 0.253 e. The second-order valence-corrected chi connectivity index (χ2v) is 5.18. The molecule has 5 heteroatoms. The van der Waals surface area contributed by atoms with Gasteiger partial charge in [0, 0.05) is 38.4 Å². The van der Waals surface area contributed by atoms with E-state index in [9.17, 15) is 4.79 Å². The Labute approximate surface area is 126 Å². The average molecular weight is 291 g/mol. The molecule has 1 aromatic rings. The van der Waals surface area contributed by atoms with E-state index in [1.54, 1.807) is 0 Å². The van der Waals surface area contributed by atoms with Crippen LogP contribution in [0.25, 0.3) is 0 Å². The summed E-state index contributed by atoms with van der Waals surface area (Å²) in [6.07, 6.45) is 1.03. The highest BCUT2D eigenvalue weighted by molar-refractivity contribution is 5.99. The highest BCUT2D eigenvalue weighted by Gasteiger charge is 2.12. The number of ether oxygens (including phenoxy) is 1. The molecule has 1 aliphatic heterocycles. The van der Waals surface area contributed by atoms with Gasteiger partial charge in [0.25, 0.3) is 5.91 Å². The number of para-hydroxylation sites is 1. The normalized spacial score (nSPS) is 15.7. The van der Waals surface area contributed by atoms with Gasteiger partial charge in [-0.1, -0.05) is 19.1 Å². The van der Waals surface area contributed by atoms with E-state index < -0.39 is 0 Å². The molecule has 2 rings (SSSR count). The van der Waals surface area contributed by atoms with Crippen molar-refractivity contribution in [1.29, 1.82) is 0 Å². The largest absolute Gasteiger partial charge is 0.384 e. The van der Waals surface area contributed by atoms with Gasteiger partial charge in [-0.15, -0.1) is 0 Å². The molecular weight excluding hydrogens is 266 g/mol. The molecule has 0 radical (unpaired) electrons. The molecule has 0 spiro atoms. The number of nitrogens with zero attached hydrogens (tertiary/aromatic N) is 1. The molecule has 21 heavy (non-hydrogen) atoms. The molecule has 1 aliphatic rings. The lowest BCUT2D eigenvalue weighted by Crippen LogP contribution is -2.41. The molecule has 0 unspecified atom stereocenters. The summed E-state index contributed by atoms with van der Waals surface area (Å²) in [5.41, 5.74) is 1.62. The maximum absolute atomic E-state index is 12.3. The molecular formula is C16H25N3O2. The van der Waals surface area contributed by atoms with Crippen LogP contribution < -0.4 is 10.6 Å². The number of carbonyl (C=O) groups excluding carboxylic acids is 1. The highest BCUT2D eigenvalue weighted by atomic mass is 16.5. The molecule has 1 fully saturated rings. The van der Waals surface area contributed by atoms with Gasteiger partial charge in [0.05, 0.1) is 18.8 Å². The predicted octanol–water partition coefficient (Wildman–Crippen LogP) is 1.57. The van der Waals surface area contributed by atoms with Crippen LogP contribution in [0.1, 0.15) is 23.7 Å². The van der Waals surface area contributed by atoms with Crippen LogP contribution in [0.4, 0.5) is 5.69 Å². The van der Waals surface area contributed by atoms with Crippen LogP contribution >= 0.6 is 0 Å². The molecule has 1 amide bonds. The van der Waals surface area contributed by atoms with E-state index >= 15 is 0 Å². The van der Waals surface area contributed by atoms with Crippen LogP contribution in [0.3, 0.4) is 0 Å². The number of amides is 1. The van der Waals surface area contributed by atoms with E-state index in [4.69, 9.17) is 4.74 Å². The molecule has 0 saturated carbocycles. The molecule has 0 atom stereocenters. The van der Waals surface area contributed by atoms with Crippen molar-refractivity contribution in [3.8, 4) is 0 Å². The monoisotopic (exact) mass is 291 g/mol. The van der Waals surface area contributed by atoms with Crippen LogP contribution in [0.5, 0.6) is 0 Å². The number of nitrogens with one attached hydrogen (secondary N) is 2. The van der Waals surface area contributed by atoms with Crippen molar-refractivity contribution in [3.63, 3.8) is 0 Å². The lowest BCUT2D eigenvalue weighted by Gasteiger charge is -2.26. The Morgan fingerprint density at radius 2 is 2.00 bits per heavy atom. The summed E-state index contributed by atoms with van der Waals surface area (Å²) in [6.45, 7) is 8.00. The zero-order valence-corrected chi connectivity index (χ0v) is 12.7. The number of anilines is 1. The van der Waals surface area contributed by atoms with Crippen molar-refractivity contribution in [3.05, 3.63) is 29.8 Å². The third kappa shape index (κ3) is 5.02. The first-order valence-corrected chi connectivity index (χ1v) is 7.72. The Kier molecular flexibility index (Phi) is 6.50. The van der Waals surface area contributed by atoms with Gasteiger partial charge in [0.1, 0.15) is 0 Å². The van der Waals surface area contributed by atoms with E-state index in [1.165, 1.54) is 0 Å². The molecule has 5 nitrogen and oxygen atoms in total. The Morgan fingerprint density at radius 3 is 2.76 bits per heavy atom. The molecule has 2 N–H and O–H groups in total. The third-order valence-corrected chi connectivity index (χ3v) is 3.55. The fourth-order valence-electron chi connectivity index (χ4n) is 2.34. The average Bonchev–Trinajstić information content (AvgIpc) is 2.54. The van der Waals surface area contributed by atoms with Crippen molar-refractivity contribution < 1.29 is 9.53 Å². The number of rotatable bonds is 7. The van der Waals surface area contributed by atoms with Gasteiger partial charge < -0.3 is 15.4 Å². The van der Waals surface area contributed by atoms with E-state index in [0.29, 0.717) is 12.1 Å². The minimum Gasteiger partial charge on any atom is -0.384 e. The van der Waals surface area contributed by atoms with E-state index in [1.807, 2.05) is 24.3 Å². The predicted molar refractivity (Wildman–Crippen MR) is 84.8 cm³/mol. The zero-order chi connectivity index (χ0) is 14.9. The summed E-state index contributed by atoms with van der Waals surface area (Å²) >= 11 is 0. The number of benzene rings is 1. The minimum absolute atomic E-state index is 0.0116. The molecule has 1 aromatic carbocycles. The van der Waals surface area contributed by atoms with Crippen LogP contribution in [-0.2, 0) is 4.74 Å². The highest BCUT2D eigenvalue weighted by Crippen LogP contribution is 2.14. The molecule has 1 saturated heterocycles. The van der Waals surface area contributed by atoms with E-state index in [2.05, 4.69) is 22.5 Å². The van der Waals surface area contributed by atoms with Crippen molar-refractivity contribution >= 4 is 11.6 Å². The fraction of sp³-hybridized carbons (Fsp3) is 0.562. The first kappa shape index (κ1) is 15.8. The minimum atomic E-state index is -0.0116. The third-order valence-electron chi connectivity index (χ3n) is 3.55. The molecule has 0 aliphatic carbocycles. The van der Waals surface area contributed by atoms with Gasteiger partial charge in [-0.05, 0) is 18.6 Å². The van der Waals surface area contributed by atoms with Crippen molar-refractivity contribution in [2.45, 2.75) is 13.3 Å². The smallest absolute Gasteiger partial charge is 0.253 e. The first-order chi connectivity index (χ1) is 10.3.